The molecule has 2 aromatic heterocycles. The topological polar surface area (TPSA) is 67.4 Å². The Kier molecular flexibility index (Phi) is 3.43. The molecule has 0 saturated carbocycles. The predicted octanol–water partition coefficient (Wildman–Crippen LogP) is 2.12. The van der Waals surface area contributed by atoms with Crippen molar-refractivity contribution in [2.45, 2.75) is 19.4 Å². The van der Waals surface area contributed by atoms with Crippen molar-refractivity contribution in [2.24, 2.45) is 0 Å². The van der Waals surface area contributed by atoms with Crippen LogP contribution < -0.4 is 5.32 Å². The van der Waals surface area contributed by atoms with E-state index < -0.39 is 0 Å². The summed E-state index contributed by atoms with van der Waals surface area (Å²) >= 11 is 1.62. The number of ether oxygens (including phenoxy) is 1. The van der Waals surface area contributed by atoms with E-state index in [4.69, 9.17) is 0 Å². The Morgan fingerprint density at radius 1 is 1.55 bits per heavy atom. The third kappa shape index (κ3) is 2.29. The second kappa shape index (κ2) is 5.24. The fourth-order valence-electron chi connectivity index (χ4n) is 2.21. The van der Waals surface area contributed by atoms with Gasteiger partial charge in [0.15, 0.2) is 0 Å². The number of anilines is 1. The summed E-state index contributed by atoms with van der Waals surface area (Å²) in [6, 6.07) is 2.25. The molecule has 20 heavy (non-hydrogen) atoms. The molecule has 0 radical (unpaired) electrons. The second-order valence-corrected chi connectivity index (χ2v) is 5.59. The molecule has 1 aliphatic heterocycles. The highest BCUT2D eigenvalue weighted by Crippen LogP contribution is 2.27. The molecule has 2 aromatic rings. The van der Waals surface area contributed by atoms with Crippen LogP contribution in [-0.2, 0) is 11.2 Å². The van der Waals surface area contributed by atoms with Crippen molar-refractivity contribution in [1.82, 2.24) is 14.9 Å². The van der Waals surface area contributed by atoms with Gasteiger partial charge >= 0.3 is 6.09 Å². The van der Waals surface area contributed by atoms with E-state index in [1.54, 1.807) is 16.2 Å². The summed E-state index contributed by atoms with van der Waals surface area (Å²) in [6.07, 6.45) is 0.530. The molecule has 0 bridgehead atoms. The number of hydrogen-bond acceptors (Lipinski definition) is 6. The van der Waals surface area contributed by atoms with Gasteiger partial charge in [0, 0.05) is 19.5 Å². The van der Waals surface area contributed by atoms with Crippen LogP contribution in [0.5, 0.6) is 0 Å². The smallest absolute Gasteiger partial charge is 0.409 e. The summed E-state index contributed by atoms with van der Waals surface area (Å²) in [5, 5.41) is 6.46. The molecule has 106 valence electrons. The van der Waals surface area contributed by atoms with E-state index in [0.717, 1.165) is 28.3 Å². The number of aryl methyl sites for hydroxylation is 1. The number of aromatic nitrogens is 2. The van der Waals surface area contributed by atoms with Gasteiger partial charge in [0.1, 0.15) is 16.5 Å². The molecule has 6 nitrogen and oxygen atoms in total. The maximum absolute atomic E-state index is 11.3. The monoisotopic (exact) mass is 292 g/mol. The van der Waals surface area contributed by atoms with Crippen LogP contribution in [0.15, 0.2) is 11.4 Å². The number of carbonyl (C=O) groups excluding carboxylic acids is 1. The van der Waals surface area contributed by atoms with Crippen molar-refractivity contribution >= 4 is 33.5 Å². The van der Waals surface area contributed by atoms with Gasteiger partial charge in [-0.3, -0.25) is 0 Å². The number of carbonyl (C=O) groups is 1. The number of likely N-dealkylation sites (tertiary alicyclic amines) is 1. The Labute approximate surface area is 120 Å². The van der Waals surface area contributed by atoms with E-state index in [9.17, 15) is 4.79 Å². The fraction of sp³-hybridized carbons (Fsp3) is 0.462. The lowest BCUT2D eigenvalue weighted by Gasteiger charge is -2.38. The van der Waals surface area contributed by atoms with Gasteiger partial charge in [0.25, 0.3) is 0 Å². The number of nitrogens with zero attached hydrogens (tertiary/aromatic N) is 3. The summed E-state index contributed by atoms with van der Waals surface area (Å²) in [6.45, 7) is 3.33. The predicted molar refractivity (Wildman–Crippen MR) is 78.2 cm³/mol. The molecule has 1 N–H and O–H groups in total. The number of nitrogens with one attached hydrogen (secondary N) is 1. The van der Waals surface area contributed by atoms with E-state index in [1.807, 2.05) is 18.4 Å². The average molecular weight is 292 g/mol. The van der Waals surface area contributed by atoms with Gasteiger partial charge in [-0.25, -0.2) is 14.8 Å². The number of thiophene rings is 1. The number of hydrogen-bond donors (Lipinski definition) is 1. The average Bonchev–Trinajstić information content (AvgIpc) is 2.89. The highest BCUT2D eigenvalue weighted by Gasteiger charge is 2.31. The van der Waals surface area contributed by atoms with E-state index in [-0.39, 0.29) is 12.1 Å². The van der Waals surface area contributed by atoms with E-state index in [2.05, 4.69) is 20.0 Å². The molecule has 3 heterocycles. The van der Waals surface area contributed by atoms with Crippen LogP contribution in [0, 0.1) is 0 Å². The fourth-order valence-corrected chi connectivity index (χ4v) is 2.99. The van der Waals surface area contributed by atoms with Crippen molar-refractivity contribution in [3.8, 4) is 0 Å². The quantitative estimate of drug-likeness (QED) is 0.938. The SMILES string of the molecule is CCc1nc(NC2CN(C(=O)OC)C2)c2ccsc2n1. The molecular formula is C13H16N4O2S. The standard InChI is InChI=1S/C13H16N4O2S/c1-3-10-15-11(9-4-5-20-12(9)16-10)14-8-6-17(7-8)13(18)19-2/h4-5,8H,3,6-7H2,1-2H3,(H,14,15,16). The Morgan fingerprint density at radius 3 is 3.05 bits per heavy atom. The highest BCUT2D eigenvalue weighted by molar-refractivity contribution is 7.16. The van der Waals surface area contributed by atoms with Crippen LogP contribution in [0.2, 0.25) is 0 Å². The largest absolute Gasteiger partial charge is 0.453 e. The lowest BCUT2D eigenvalue weighted by atomic mass is 10.1. The number of methoxy groups -OCH3 is 1. The molecule has 1 fully saturated rings. The lowest BCUT2D eigenvalue weighted by molar-refractivity contribution is 0.0930. The molecule has 1 saturated heterocycles. The summed E-state index contributed by atoms with van der Waals surface area (Å²) in [7, 11) is 1.40. The van der Waals surface area contributed by atoms with Gasteiger partial charge < -0.3 is 15.0 Å². The first-order valence-corrected chi connectivity index (χ1v) is 7.42. The second-order valence-electron chi connectivity index (χ2n) is 4.70. The van der Waals surface area contributed by atoms with E-state index in [1.165, 1.54) is 7.11 Å². The molecule has 0 unspecified atom stereocenters. The molecule has 0 aromatic carbocycles. The normalized spacial score (nSPS) is 15.2. The van der Waals surface area contributed by atoms with Gasteiger partial charge in [-0.2, -0.15) is 0 Å². The third-order valence-electron chi connectivity index (χ3n) is 3.34. The zero-order valence-corrected chi connectivity index (χ0v) is 12.2. The Bertz CT molecular complexity index is 636. The van der Waals surface area contributed by atoms with Gasteiger partial charge in [-0.1, -0.05) is 6.92 Å². The maximum atomic E-state index is 11.3. The molecule has 0 aliphatic carbocycles. The maximum Gasteiger partial charge on any atom is 0.409 e. The van der Waals surface area contributed by atoms with Crippen molar-refractivity contribution < 1.29 is 9.53 Å². The van der Waals surface area contributed by atoms with Crippen molar-refractivity contribution in [3.05, 3.63) is 17.3 Å². The number of fused-ring (bicyclic) bond motifs is 1. The van der Waals surface area contributed by atoms with Gasteiger partial charge in [0.05, 0.1) is 18.5 Å². The zero-order valence-electron chi connectivity index (χ0n) is 11.4. The Morgan fingerprint density at radius 2 is 2.35 bits per heavy atom. The van der Waals surface area contributed by atoms with Crippen LogP contribution in [0.25, 0.3) is 10.2 Å². The van der Waals surface area contributed by atoms with E-state index >= 15 is 0 Å². The first-order chi connectivity index (χ1) is 9.71. The summed E-state index contributed by atoms with van der Waals surface area (Å²) in [5.41, 5.74) is 0. The van der Waals surface area contributed by atoms with Crippen molar-refractivity contribution in [2.75, 3.05) is 25.5 Å². The molecule has 1 amide bonds. The van der Waals surface area contributed by atoms with Gasteiger partial charge in [-0.15, -0.1) is 11.3 Å². The minimum atomic E-state index is -0.277. The first-order valence-electron chi connectivity index (χ1n) is 6.54. The third-order valence-corrected chi connectivity index (χ3v) is 4.15. The molecule has 0 atom stereocenters. The van der Waals surface area contributed by atoms with Crippen LogP contribution in [0.4, 0.5) is 10.6 Å². The summed E-state index contributed by atoms with van der Waals surface area (Å²) < 4.78 is 4.68. The van der Waals surface area contributed by atoms with Crippen LogP contribution in [0.1, 0.15) is 12.7 Å². The van der Waals surface area contributed by atoms with Crippen LogP contribution >= 0.6 is 11.3 Å². The summed E-state index contributed by atoms with van der Waals surface area (Å²) in [4.78, 5) is 23.0. The van der Waals surface area contributed by atoms with Crippen LogP contribution in [0.3, 0.4) is 0 Å². The van der Waals surface area contributed by atoms with Crippen LogP contribution in [-0.4, -0.2) is 47.2 Å². The highest BCUT2D eigenvalue weighted by atomic mass is 32.1. The molecule has 3 rings (SSSR count). The van der Waals surface area contributed by atoms with Crippen molar-refractivity contribution in [1.29, 1.82) is 0 Å². The molecule has 1 aliphatic rings. The minimum absolute atomic E-state index is 0.219. The number of amides is 1. The lowest BCUT2D eigenvalue weighted by Crippen LogP contribution is -2.57. The Hall–Kier alpha value is -1.89. The first kappa shape index (κ1) is 13.1. The molecule has 7 heteroatoms. The minimum Gasteiger partial charge on any atom is -0.453 e. The number of rotatable bonds is 3. The van der Waals surface area contributed by atoms with Gasteiger partial charge in [0.2, 0.25) is 0 Å². The van der Waals surface area contributed by atoms with E-state index in [0.29, 0.717) is 13.1 Å². The molecule has 0 spiro atoms. The van der Waals surface area contributed by atoms with Gasteiger partial charge in [-0.05, 0) is 11.4 Å². The molecular weight excluding hydrogens is 276 g/mol. The Balaban J connectivity index is 1.75. The summed E-state index contributed by atoms with van der Waals surface area (Å²) in [5.74, 6) is 1.70. The van der Waals surface area contributed by atoms with Crippen molar-refractivity contribution in [3.63, 3.8) is 0 Å². The zero-order chi connectivity index (χ0) is 14.1.